The predicted molar refractivity (Wildman–Crippen MR) is 111 cm³/mol. The van der Waals surface area contributed by atoms with Crippen molar-refractivity contribution in [1.82, 2.24) is 4.98 Å². The number of Topliss-reactive ketones (excluding diaryl/α,β-unsaturated/α-hetero) is 1. The standard InChI is InChI=1S/C21H19Cl2NO2S/c22-17-7-8-20(19(23)14-17)26-10-1-2-18(25)12-15-3-5-16(6-4-15)13-21-24-9-11-27-21/h3-9,11,14H,1-2,10,12-13H2. The van der Waals surface area contributed by atoms with Gasteiger partial charge < -0.3 is 4.74 Å². The number of aromatic nitrogens is 1. The first-order valence-electron chi connectivity index (χ1n) is 8.66. The van der Waals surface area contributed by atoms with Crippen LogP contribution in [0.25, 0.3) is 0 Å². The second-order valence-electron chi connectivity index (χ2n) is 6.16. The van der Waals surface area contributed by atoms with Crippen LogP contribution in [0.15, 0.2) is 54.0 Å². The first-order chi connectivity index (χ1) is 13.1. The van der Waals surface area contributed by atoms with Crippen LogP contribution < -0.4 is 4.74 Å². The first-order valence-corrected chi connectivity index (χ1v) is 10.3. The van der Waals surface area contributed by atoms with Gasteiger partial charge in [0.25, 0.3) is 0 Å². The quantitative estimate of drug-likeness (QED) is 0.398. The van der Waals surface area contributed by atoms with Crippen LogP contribution in [0, 0.1) is 0 Å². The fraction of sp³-hybridized carbons (Fsp3) is 0.238. The maximum Gasteiger partial charge on any atom is 0.137 e. The number of benzene rings is 2. The van der Waals surface area contributed by atoms with Crippen LogP contribution in [0.4, 0.5) is 0 Å². The van der Waals surface area contributed by atoms with Crippen molar-refractivity contribution in [3.05, 3.63) is 80.2 Å². The molecule has 0 atom stereocenters. The van der Waals surface area contributed by atoms with Gasteiger partial charge in [0.2, 0.25) is 0 Å². The maximum absolute atomic E-state index is 12.2. The molecule has 0 aliphatic rings. The number of thiazole rings is 1. The van der Waals surface area contributed by atoms with Crippen LogP contribution in [0.2, 0.25) is 10.0 Å². The van der Waals surface area contributed by atoms with E-state index in [9.17, 15) is 4.79 Å². The molecule has 0 N–H and O–H groups in total. The van der Waals surface area contributed by atoms with E-state index in [1.807, 2.05) is 23.7 Å². The van der Waals surface area contributed by atoms with Gasteiger partial charge in [0.05, 0.1) is 16.6 Å². The summed E-state index contributed by atoms with van der Waals surface area (Å²) in [4.78, 5) is 16.5. The SMILES string of the molecule is O=C(CCCOc1ccc(Cl)cc1Cl)Cc1ccc(Cc2nccs2)cc1. The number of rotatable bonds is 9. The molecule has 3 aromatic rings. The van der Waals surface area contributed by atoms with Crippen molar-refractivity contribution in [2.24, 2.45) is 0 Å². The van der Waals surface area contributed by atoms with Gasteiger partial charge in [0, 0.05) is 35.9 Å². The van der Waals surface area contributed by atoms with Gasteiger partial charge in [0.1, 0.15) is 11.5 Å². The largest absolute Gasteiger partial charge is 0.492 e. The maximum atomic E-state index is 12.2. The summed E-state index contributed by atoms with van der Waals surface area (Å²) >= 11 is 13.6. The molecule has 140 valence electrons. The Balaban J connectivity index is 1.40. The topological polar surface area (TPSA) is 39.2 Å². The predicted octanol–water partition coefficient (Wildman–Crippen LogP) is 6.01. The highest BCUT2D eigenvalue weighted by Crippen LogP contribution is 2.27. The van der Waals surface area contributed by atoms with Crippen LogP contribution in [-0.4, -0.2) is 17.4 Å². The minimum atomic E-state index is 0.202. The van der Waals surface area contributed by atoms with Gasteiger partial charge in [-0.15, -0.1) is 11.3 Å². The molecule has 0 spiro atoms. The summed E-state index contributed by atoms with van der Waals surface area (Å²) in [6.45, 7) is 0.444. The number of halogens is 2. The Morgan fingerprint density at radius 3 is 2.56 bits per heavy atom. The van der Waals surface area contributed by atoms with E-state index in [2.05, 4.69) is 17.1 Å². The summed E-state index contributed by atoms with van der Waals surface area (Å²) in [6.07, 6.45) is 4.22. The van der Waals surface area contributed by atoms with Crippen LogP contribution in [-0.2, 0) is 17.6 Å². The number of hydrogen-bond donors (Lipinski definition) is 0. The number of ether oxygens (including phenoxy) is 1. The second-order valence-corrected chi connectivity index (χ2v) is 7.98. The van der Waals surface area contributed by atoms with Crippen molar-refractivity contribution < 1.29 is 9.53 Å². The molecule has 0 aliphatic heterocycles. The van der Waals surface area contributed by atoms with Gasteiger partial charge in [-0.1, -0.05) is 47.5 Å². The minimum Gasteiger partial charge on any atom is -0.492 e. The number of nitrogens with zero attached hydrogens (tertiary/aromatic N) is 1. The van der Waals surface area contributed by atoms with Gasteiger partial charge in [-0.05, 0) is 35.7 Å². The van der Waals surface area contributed by atoms with Crippen molar-refractivity contribution in [3.63, 3.8) is 0 Å². The second kappa shape index (κ2) is 9.88. The summed E-state index contributed by atoms with van der Waals surface area (Å²) in [5, 5.41) is 4.12. The smallest absolute Gasteiger partial charge is 0.137 e. The molecule has 0 fully saturated rings. The van der Waals surface area contributed by atoms with E-state index in [0.717, 1.165) is 17.0 Å². The van der Waals surface area contributed by atoms with E-state index in [1.165, 1.54) is 5.56 Å². The van der Waals surface area contributed by atoms with Crippen LogP contribution in [0.1, 0.15) is 29.0 Å². The number of carbonyl (C=O) groups excluding carboxylic acids is 1. The van der Waals surface area contributed by atoms with Gasteiger partial charge in [0.15, 0.2) is 0 Å². The molecule has 1 heterocycles. The fourth-order valence-electron chi connectivity index (χ4n) is 2.65. The summed E-state index contributed by atoms with van der Waals surface area (Å²) < 4.78 is 5.61. The zero-order valence-corrected chi connectivity index (χ0v) is 17.0. The molecular formula is C21H19Cl2NO2S. The fourth-order valence-corrected chi connectivity index (χ4v) is 3.76. The Bertz CT molecular complexity index is 880. The molecule has 0 saturated heterocycles. The highest BCUT2D eigenvalue weighted by Gasteiger charge is 2.07. The van der Waals surface area contributed by atoms with Gasteiger partial charge in [-0.3, -0.25) is 4.79 Å². The van der Waals surface area contributed by atoms with E-state index in [-0.39, 0.29) is 5.78 Å². The monoisotopic (exact) mass is 419 g/mol. The van der Waals surface area contributed by atoms with E-state index < -0.39 is 0 Å². The van der Waals surface area contributed by atoms with Crippen LogP contribution >= 0.6 is 34.5 Å². The van der Waals surface area contributed by atoms with E-state index in [1.54, 1.807) is 29.5 Å². The third-order valence-electron chi connectivity index (χ3n) is 4.01. The molecule has 0 saturated carbocycles. The Labute approximate surface area is 172 Å². The summed E-state index contributed by atoms with van der Waals surface area (Å²) in [7, 11) is 0. The lowest BCUT2D eigenvalue weighted by atomic mass is 10.0. The Hall–Kier alpha value is -1.88. The zero-order chi connectivity index (χ0) is 19.1. The van der Waals surface area contributed by atoms with Crippen LogP contribution in [0.3, 0.4) is 0 Å². The van der Waals surface area contributed by atoms with Gasteiger partial charge in [-0.2, -0.15) is 0 Å². The zero-order valence-electron chi connectivity index (χ0n) is 14.7. The molecule has 0 radical (unpaired) electrons. The minimum absolute atomic E-state index is 0.202. The normalized spacial score (nSPS) is 10.7. The van der Waals surface area contributed by atoms with E-state index >= 15 is 0 Å². The Morgan fingerprint density at radius 2 is 1.85 bits per heavy atom. The average Bonchev–Trinajstić information content (AvgIpc) is 3.15. The summed E-state index contributed by atoms with van der Waals surface area (Å²) in [6, 6.07) is 13.3. The Kier molecular flexibility index (Phi) is 7.27. The molecule has 3 nitrogen and oxygen atoms in total. The third kappa shape index (κ3) is 6.35. The van der Waals surface area contributed by atoms with Crippen molar-refractivity contribution in [2.75, 3.05) is 6.61 Å². The van der Waals surface area contributed by atoms with Gasteiger partial charge >= 0.3 is 0 Å². The molecule has 1 aromatic heterocycles. The third-order valence-corrected chi connectivity index (χ3v) is 5.32. The molecule has 6 heteroatoms. The molecule has 27 heavy (non-hydrogen) atoms. The Morgan fingerprint density at radius 1 is 1.07 bits per heavy atom. The lowest BCUT2D eigenvalue weighted by molar-refractivity contribution is -0.118. The van der Waals surface area contributed by atoms with Crippen molar-refractivity contribution >= 4 is 40.3 Å². The van der Waals surface area contributed by atoms with Crippen molar-refractivity contribution in [1.29, 1.82) is 0 Å². The number of hydrogen-bond acceptors (Lipinski definition) is 4. The van der Waals surface area contributed by atoms with Crippen molar-refractivity contribution in [2.45, 2.75) is 25.7 Å². The van der Waals surface area contributed by atoms with Gasteiger partial charge in [-0.25, -0.2) is 4.98 Å². The molecule has 0 aliphatic carbocycles. The first kappa shape index (κ1) is 19.9. The molecule has 0 amide bonds. The molecule has 3 rings (SSSR count). The van der Waals surface area contributed by atoms with E-state index in [0.29, 0.717) is 41.7 Å². The molecule has 0 bridgehead atoms. The summed E-state index contributed by atoms with van der Waals surface area (Å²) in [5.74, 6) is 0.790. The summed E-state index contributed by atoms with van der Waals surface area (Å²) in [5.41, 5.74) is 2.24. The number of ketones is 1. The number of carbonyl (C=O) groups is 1. The average molecular weight is 420 g/mol. The highest BCUT2D eigenvalue weighted by molar-refractivity contribution is 7.09. The van der Waals surface area contributed by atoms with E-state index in [4.69, 9.17) is 27.9 Å². The molecular weight excluding hydrogens is 401 g/mol. The molecule has 2 aromatic carbocycles. The lowest BCUT2D eigenvalue weighted by Crippen LogP contribution is -2.06. The van der Waals surface area contributed by atoms with Crippen LogP contribution in [0.5, 0.6) is 5.75 Å². The lowest BCUT2D eigenvalue weighted by Gasteiger charge is -2.08. The van der Waals surface area contributed by atoms with Crippen molar-refractivity contribution in [3.8, 4) is 5.75 Å². The highest BCUT2D eigenvalue weighted by atomic mass is 35.5. The molecule has 0 unspecified atom stereocenters.